The molecule has 1 aliphatic heterocycles. The lowest BCUT2D eigenvalue weighted by Gasteiger charge is -2.46. The zero-order valence-electron chi connectivity index (χ0n) is 9.21. The van der Waals surface area contributed by atoms with Gasteiger partial charge in [-0.1, -0.05) is 13.0 Å². The van der Waals surface area contributed by atoms with Crippen LogP contribution >= 0.6 is 0 Å². The van der Waals surface area contributed by atoms with Crippen LogP contribution in [-0.2, 0) is 5.60 Å². The fourth-order valence-electron chi connectivity index (χ4n) is 2.14. The molecule has 1 saturated heterocycles. The van der Waals surface area contributed by atoms with E-state index in [0.717, 1.165) is 25.1 Å². The molecule has 0 radical (unpaired) electrons. The highest BCUT2D eigenvalue weighted by Gasteiger charge is 2.42. The molecule has 0 bridgehead atoms. The number of benzene rings is 1. The number of aliphatic hydroxyl groups is 1. The highest BCUT2D eigenvalue weighted by Crippen LogP contribution is 2.32. The maximum atomic E-state index is 13.0. The van der Waals surface area contributed by atoms with E-state index in [-0.39, 0.29) is 0 Å². The summed E-state index contributed by atoms with van der Waals surface area (Å²) < 4.78 is 25.8. The molecule has 0 aliphatic carbocycles. The van der Waals surface area contributed by atoms with Crippen LogP contribution in [0.5, 0.6) is 0 Å². The van der Waals surface area contributed by atoms with Gasteiger partial charge in [0, 0.05) is 13.1 Å². The van der Waals surface area contributed by atoms with Gasteiger partial charge in [0.2, 0.25) is 0 Å². The molecule has 1 aromatic carbocycles. The second-order valence-corrected chi connectivity index (χ2v) is 4.37. The summed E-state index contributed by atoms with van der Waals surface area (Å²) in [6.07, 6.45) is 1.02. The molecule has 0 unspecified atom stereocenters. The molecule has 0 spiro atoms. The first-order chi connectivity index (χ1) is 7.55. The van der Waals surface area contributed by atoms with Gasteiger partial charge in [-0.3, -0.25) is 4.90 Å². The minimum atomic E-state index is -1.01. The van der Waals surface area contributed by atoms with Crippen LogP contribution in [0.15, 0.2) is 18.2 Å². The molecule has 0 amide bonds. The van der Waals surface area contributed by atoms with Crippen molar-refractivity contribution in [1.29, 1.82) is 0 Å². The predicted octanol–water partition coefficient (Wildman–Crippen LogP) is 1.88. The Hall–Kier alpha value is -1.00. The first-order valence-corrected chi connectivity index (χ1v) is 5.45. The van der Waals surface area contributed by atoms with Gasteiger partial charge in [0.1, 0.15) is 5.60 Å². The van der Waals surface area contributed by atoms with Gasteiger partial charge >= 0.3 is 0 Å². The Labute approximate surface area is 93.5 Å². The predicted molar refractivity (Wildman–Crippen MR) is 57.0 cm³/mol. The summed E-state index contributed by atoms with van der Waals surface area (Å²) in [6, 6.07) is 3.59. The summed E-state index contributed by atoms with van der Waals surface area (Å²) in [5.74, 6) is -1.78. The Morgan fingerprint density at radius 3 is 2.56 bits per heavy atom. The molecule has 2 rings (SSSR count). The minimum Gasteiger partial charge on any atom is -0.382 e. The maximum absolute atomic E-state index is 13.0. The molecule has 1 aromatic rings. The zero-order chi connectivity index (χ0) is 11.8. The molecule has 4 heteroatoms. The number of hydrogen-bond donors (Lipinski definition) is 1. The number of likely N-dealkylation sites (tertiary alicyclic amines) is 1. The lowest BCUT2D eigenvalue weighted by molar-refractivity contribution is -0.103. The van der Waals surface area contributed by atoms with E-state index in [2.05, 4.69) is 11.8 Å². The number of rotatable bonds is 3. The molecular formula is C12H15F2NO. The highest BCUT2D eigenvalue weighted by atomic mass is 19.2. The normalized spacial score (nSPS) is 19.5. The van der Waals surface area contributed by atoms with Gasteiger partial charge in [-0.15, -0.1) is 0 Å². The van der Waals surface area contributed by atoms with Crippen LogP contribution in [0.1, 0.15) is 18.9 Å². The smallest absolute Gasteiger partial charge is 0.159 e. The van der Waals surface area contributed by atoms with E-state index in [1.165, 1.54) is 6.07 Å². The number of hydrogen-bond acceptors (Lipinski definition) is 2. The molecule has 1 fully saturated rings. The van der Waals surface area contributed by atoms with Crippen molar-refractivity contribution in [3.8, 4) is 0 Å². The van der Waals surface area contributed by atoms with Gasteiger partial charge in [-0.25, -0.2) is 8.78 Å². The van der Waals surface area contributed by atoms with Crippen LogP contribution in [-0.4, -0.2) is 29.6 Å². The monoisotopic (exact) mass is 227 g/mol. The molecular weight excluding hydrogens is 212 g/mol. The topological polar surface area (TPSA) is 23.5 Å². The van der Waals surface area contributed by atoms with Gasteiger partial charge in [-0.05, 0) is 30.7 Å². The number of nitrogens with zero attached hydrogens (tertiary/aromatic N) is 1. The third-order valence-electron chi connectivity index (χ3n) is 2.97. The molecule has 1 heterocycles. The summed E-state index contributed by atoms with van der Waals surface area (Å²) in [6.45, 7) is 3.97. The number of β-amino-alcohol motifs (C(OH)–C–C–N with tert-alkyl or cyclic N) is 1. The van der Waals surface area contributed by atoms with Crippen molar-refractivity contribution < 1.29 is 13.9 Å². The van der Waals surface area contributed by atoms with Crippen molar-refractivity contribution in [1.82, 2.24) is 4.90 Å². The summed E-state index contributed by atoms with van der Waals surface area (Å²) in [4.78, 5) is 2.08. The zero-order valence-corrected chi connectivity index (χ0v) is 9.21. The average Bonchev–Trinajstić information content (AvgIpc) is 2.20. The molecule has 2 nitrogen and oxygen atoms in total. The van der Waals surface area contributed by atoms with Crippen LogP contribution < -0.4 is 0 Å². The van der Waals surface area contributed by atoms with Gasteiger partial charge in [0.25, 0.3) is 0 Å². The van der Waals surface area contributed by atoms with Crippen LogP contribution in [0, 0.1) is 11.6 Å². The molecule has 0 saturated carbocycles. The van der Waals surface area contributed by atoms with Gasteiger partial charge < -0.3 is 5.11 Å². The third-order valence-corrected chi connectivity index (χ3v) is 2.97. The molecule has 1 aliphatic rings. The lowest BCUT2D eigenvalue weighted by Crippen LogP contribution is -2.59. The lowest BCUT2D eigenvalue weighted by atomic mass is 9.86. The van der Waals surface area contributed by atoms with Gasteiger partial charge in [-0.2, -0.15) is 0 Å². The highest BCUT2D eigenvalue weighted by molar-refractivity contribution is 5.27. The Balaban J connectivity index is 2.11. The van der Waals surface area contributed by atoms with Crippen LogP contribution in [0.25, 0.3) is 0 Å². The summed E-state index contributed by atoms with van der Waals surface area (Å²) in [5.41, 5.74) is -0.553. The average molecular weight is 227 g/mol. The second kappa shape index (κ2) is 4.11. The van der Waals surface area contributed by atoms with Crippen molar-refractivity contribution >= 4 is 0 Å². The molecule has 0 aromatic heterocycles. The SMILES string of the molecule is CCCN1CC(O)(c2ccc(F)c(F)c2)C1. The van der Waals surface area contributed by atoms with E-state index in [9.17, 15) is 13.9 Å². The Morgan fingerprint density at radius 1 is 1.31 bits per heavy atom. The first kappa shape index (κ1) is 11.5. The van der Waals surface area contributed by atoms with E-state index in [1.807, 2.05) is 0 Å². The Morgan fingerprint density at radius 2 is 2.00 bits per heavy atom. The number of halogens is 2. The summed E-state index contributed by atoms with van der Waals surface area (Å²) >= 11 is 0. The Bertz CT molecular complexity index is 389. The van der Waals surface area contributed by atoms with E-state index in [4.69, 9.17) is 0 Å². The largest absolute Gasteiger partial charge is 0.382 e. The summed E-state index contributed by atoms with van der Waals surface area (Å²) in [5, 5.41) is 10.2. The molecule has 0 atom stereocenters. The van der Waals surface area contributed by atoms with Crippen molar-refractivity contribution in [3.63, 3.8) is 0 Å². The van der Waals surface area contributed by atoms with Crippen molar-refractivity contribution in [3.05, 3.63) is 35.4 Å². The quantitative estimate of drug-likeness (QED) is 0.852. The maximum Gasteiger partial charge on any atom is 0.159 e. The van der Waals surface area contributed by atoms with Crippen molar-refractivity contribution in [2.24, 2.45) is 0 Å². The first-order valence-electron chi connectivity index (χ1n) is 5.45. The fraction of sp³-hybridized carbons (Fsp3) is 0.500. The van der Waals surface area contributed by atoms with E-state index in [0.29, 0.717) is 18.7 Å². The van der Waals surface area contributed by atoms with Crippen LogP contribution in [0.2, 0.25) is 0 Å². The van der Waals surface area contributed by atoms with Crippen LogP contribution in [0.4, 0.5) is 8.78 Å². The van der Waals surface area contributed by atoms with Crippen LogP contribution in [0.3, 0.4) is 0 Å². The minimum absolute atomic E-state index is 0.457. The fourth-order valence-corrected chi connectivity index (χ4v) is 2.14. The second-order valence-electron chi connectivity index (χ2n) is 4.37. The van der Waals surface area contributed by atoms with Gasteiger partial charge in [0.05, 0.1) is 0 Å². The van der Waals surface area contributed by atoms with E-state index < -0.39 is 17.2 Å². The van der Waals surface area contributed by atoms with E-state index >= 15 is 0 Å². The standard InChI is InChI=1S/C12H15F2NO/c1-2-5-15-7-12(16,8-15)9-3-4-10(13)11(14)6-9/h3-4,6,16H,2,5,7-8H2,1H3. The van der Waals surface area contributed by atoms with Crippen molar-refractivity contribution in [2.75, 3.05) is 19.6 Å². The molecule has 88 valence electrons. The third kappa shape index (κ3) is 1.95. The molecule has 1 N–H and O–H groups in total. The molecule has 16 heavy (non-hydrogen) atoms. The van der Waals surface area contributed by atoms with Crippen molar-refractivity contribution in [2.45, 2.75) is 18.9 Å². The van der Waals surface area contributed by atoms with Gasteiger partial charge in [0.15, 0.2) is 11.6 Å². The van der Waals surface area contributed by atoms with E-state index in [1.54, 1.807) is 0 Å². The summed E-state index contributed by atoms with van der Waals surface area (Å²) in [7, 11) is 0. The Kier molecular flexibility index (Phi) is 2.95.